The van der Waals surface area contributed by atoms with Gasteiger partial charge in [0.05, 0.1) is 17.5 Å². The Bertz CT molecular complexity index is 1200. The summed E-state index contributed by atoms with van der Waals surface area (Å²) in [4.78, 5) is 19.8. The largest absolute Gasteiger partial charge is 0.324 e. The maximum Gasteiger partial charge on any atom is 0.244 e. The lowest BCUT2D eigenvalue weighted by atomic mass is 10.1. The molecule has 1 fully saturated rings. The molecule has 170 valence electrons. The first-order valence-electron chi connectivity index (χ1n) is 10.7. The predicted octanol–water partition coefficient (Wildman–Crippen LogP) is 3.94. The quantitative estimate of drug-likeness (QED) is 0.731. The number of carbonyl (C=O) groups excluding carboxylic acids is 1. The molecule has 4 rings (SSSR count). The summed E-state index contributed by atoms with van der Waals surface area (Å²) in [5, 5.41) is 3.72. The minimum absolute atomic E-state index is 0.0753. The monoisotopic (exact) mass is 471 g/mol. The molecule has 0 unspecified atom stereocenters. The number of fused-ring (bicyclic) bond motifs is 1. The summed E-state index contributed by atoms with van der Waals surface area (Å²) >= 11 is 1.47. The molecular formula is C24H29N3O3S2. The fourth-order valence-corrected chi connectivity index (χ4v) is 8.11. The van der Waals surface area contributed by atoms with Crippen LogP contribution in [0.25, 0.3) is 0 Å². The van der Waals surface area contributed by atoms with Gasteiger partial charge in [-0.1, -0.05) is 35.5 Å². The number of carbonyl (C=O) groups is 1. The van der Waals surface area contributed by atoms with E-state index in [9.17, 15) is 13.2 Å². The van der Waals surface area contributed by atoms with Crippen LogP contribution in [-0.2, 0) is 14.6 Å². The van der Waals surface area contributed by atoms with Gasteiger partial charge in [-0.3, -0.25) is 9.79 Å². The number of nitrogens with zero attached hydrogens (tertiary/aromatic N) is 2. The molecule has 0 spiro atoms. The first-order valence-corrected chi connectivity index (χ1v) is 13.4. The number of aryl methyl sites for hydroxylation is 5. The summed E-state index contributed by atoms with van der Waals surface area (Å²) in [6.45, 7) is 10.2. The Morgan fingerprint density at radius 3 is 2.34 bits per heavy atom. The third-order valence-corrected chi connectivity index (χ3v) is 9.33. The minimum atomic E-state index is -3.03. The number of amides is 1. The summed E-state index contributed by atoms with van der Waals surface area (Å²) in [5.41, 5.74) is 7.24. The molecule has 8 heteroatoms. The number of hydrogen-bond donors (Lipinski definition) is 1. The standard InChI is InChI=1S/C24H29N3O3S2/c1-14-8-17(4)23(18(5)9-14)26-22(28)11-27(19-7-6-15(2)16(3)10-19)24-25-20-12-32(29,30)13-21(20)31-24/h6-10,20-21H,11-13H2,1-5H3,(H,26,28)/t20-,21+/m1/s1. The lowest BCUT2D eigenvalue weighted by Crippen LogP contribution is -2.37. The fourth-order valence-electron chi connectivity index (χ4n) is 4.33. The van der Waals surface area contributed by atoms with Gasteiger partial charge in [-0.15, -0.1) is 0 Å². The molecule has 1 amide bonds. The van der Waals surface area contributed by atoms with Gasteiger partial charge in [-0.25, -0.2) is 8.42 Å². The van der Waals surface area contributed by atoms with Gasteiger partial charge in [0.1, 0.15) is 6.54 Å². The van der Waals surface area contributed by atoms with Crippen molar-refractivity contribution in [3.05, 3.63) is 58.1 Å². The molecule has 2 aromatic rings. The van der Waals surface area contributed by atoms with Crippen LogP contribution in [0.4, 0.5) is 11.4 Å². The topological polar surface area (TPSA) is 78.8 Å². The maximum atomic E-state index is 13.1. The van der Waals surface area contributed by atoms with Crippen molar-refractivity contribution in [2.75, 3.05) is 28.3 Å². The van der Waals surface area contributed by atoms with E-state index < -0.39 is 9.84 Å². The highest BCUT2D eigenvalue weighted by Gasteiger charge is 2.44. The van der Waals surface area contributed by atoms with Gasteiger partial charge >= 0.3 is 0 Å². The molecule has 2 heterocycles. The van der Waals surface area contributed by atoms with E-state index in [4.69, 9.17) is 4.99 Å². The van der Waals surface area contributed by atoms with Gasteiger partial charge in [0.25, 0.3) is 0 Å². The minimum Gasteiger partial charge on any atom is -0.324 e. The summed E-state index contributed by atoms with van der Waals surface area (Å²) in [5.74, 6) is 0.0960. The second-order valence-corrected chi connectivity index (χ2v) is 12.2. The van der Waals surface area contributed by atoms with E-state index in [2.05, 4.69) is 30.4 Å². The van der Waals surface area contributed by atoms with E-state index in [1.54, 1.807) is 0 Å². The molecule has 1 N–H and O–H groups in total. The Kier molecular flexibility index (Phi) is 6.11. The van der Waals surface area contributed by atoms with Crippen LogP contribution in [0.15, 0.2) is 35.3 Å². The number of thioether (sulfide) groups is 1. The number of sulfone groups is 1. The number of anilines is 2. The van der Waals surface area contributed by atoms with E-state index in [0.717, 1.165) is 33.6 Å². The molecule has 0 bridgehead atoms. The predicted molar refractivity (Wildman–Crippen MR) is 134 cm³/mol. The number of aliphatic imine (C=N–C) groups is 1. The number of nitrogens with one attached hydrogen (secondary N) is 1. The molecule has 0 aromatic heterocycles. The second-order valence-electron chi connectivity index (χ2n) is 8.89. The van der Waals surface area contributed by atoms with E-state index in [0.29, 0.717) is 5.17 Å². The van der Waals surface area contributed by atoms with Crippen LogP contribution in [0.2, 0.25) is 0 Å². The van der Waals surface area contributed by atoms with Crippen molar-refractivity contribution < 1.29 is 13.2 Å². The normalized spacial score (nSPS) is 21.2. The Balaban J connectivity index is 1.62. The molecule has 1 saturated heterocycles. The summed E-state index contributed by atoms with van der Waals surface area (Å²) in [6, 6.07) is 9.96. The van der Waals surface area contributed by atoms with Crippen molar-refractivity contribution in [3.63, 3.8) is 0 Å². The van der Waals surface area contributed by atoms with Crippen LogP contribution in [0.5, 0.6) is 0 Å². The van der Waals surface area contributed by atoms with Gasteiger partial charge in [0.2, 0.25) is 5.91 Å². The van der Waals surface area contributed by atoms with Crippen molar-refractivity contribution in [1.29, 1.82) is 0 Å². The first-order chi connectivity index (χ1) is 15.0. The molecule has 0 saturated carbocycles. The molecule has 0 radical (unpaired) electrons. The highest BCUT2D eigenvalue weighted by atomic mass is 32.2. The summed E-state index contributed by atoms with van der Waals surface area (Å²) in [7, 11) is -3.03. The summed E-state index contributed by atoms with van der Waals surface area (Å²) in [6.07, 6.45) is 0. The number of hydrogen-bond acceptors (Lipinski definition) is 6. The van der Waals surface area contributed by atoms with Crippen molar-refractivity contribution in [1.82, 2.24) is 0 Å². The van der Waals surface area contributed by atoms with E-state index in [1.807, 2.05) is 44.7 Å². The fraction of sp³-hybridized carbons (Fsp3) is 0.417. The third kappa shape index (κ3) is 4.71. The zero-order chi connectivity index (χ0) is 23.2. The molecule has 32 heavy (non-hydrogen) atoms. The van der Waals surface area contributed by atoms with E-state index in [1.165, 1.54) is 17.3 Å². The Morgan fingerprint density at radius 2 is 1.72 bits per heavy atom. The van der Waals surface area contributed by atoms with Gasteiger partial charge in [0.15, 0.2) is 15.0 Å². The van der Waals surface area contributed by atoms with Gasteiger partial charge in [-0.05, 0) is 69.0 Å². The average molecular weight is 472 g/mol. The van der Waals surface area contributed by atoms with Crippen LogP contribution in [0.1, 0.15) is 27.8 Å². The number of amidine groups is 1. The van der Waals surface area contributed by atoms with Crippen LogP contribution in [0.3, 0.4) is 0 Å². The zero-order valence-corrected chi connectivity index (χ0v) is 20.7. The van der Waals surface area contributed by atoms with E-state index >= 15 is 0 Å². The van der Waals surface area contributed by atoms with Crippen molar-refractivity contribution in [2.24, 2.45) is 4.99 Å². The van der Waals surface area contributed by atoms with Crippen LogP contribution in [-0.4, -0.2) is 48.8 Å². The molecule has 2 aromatic carbocycles. The molecule has 2 aliphatic rings. The zero-order valence-electron chi connectivity index (χ0n) is 19.1. The van der Waals surface area contributed by atoms with Crippen LogP contribution in [0, 0.1) is 34.6 Å². The van der Waals surface area contributed by atoms with Crippen LogP contribution < -0.4 is 10.2 Å². The van der Waals surface area contributed by atoms with Crippen molar-refractivity contribution in [2.45, 2.75) is 45.9 Å². The lowest BCUT2D eigenvalue weighted by molar-refractivity contribution is -0.114. The summed E-state index contributed by atoms with van der Waals surface area (Å²) < 4.78 is 24.0. The van der Waals surface area contributed by atoms with Gasteiger partial charge in [-0.2, -0.15) is 0 Å². The Labute approximate surface area is 194 Å². The van der Waals surface area contributed by atoms with Crippen LogP contribution >= 0.6 is 11.8 Å². The third-order valence-electron chi connectivity index (χ3n) is 6.08. The lowest BCUT2D eigenvalue weighted by Gasteiger charge is -2.25. The Hall–Kier alpha value is -2.32. The van der Waals surface area contributed by atoms with Crippen molar-refractivity contribution >= 4 is 44.0 Å². The number of benzene rings is 2. The highest BCUT2D eigenvalue weighted by Crippen LogP contribution is 2.37. The molecule has 2 aliphatic heterocycles. The second kappa shape index (κ2) is 8.56. The SMILES string of the molecule is Cc1cc(C)c(NC(=O)CN(C2=N[C@@H]3CS(=O)(=O)C[C@@H]3S2)c2ccc(C)c(C)c2)c(C)c1. The van der Waals surface area contributed by atoms with Gasteiger partial charge in [0, 0.05) is 16.6 Å². The average Bonchev–Trinajstić information content (AvgIpc) is 3.18. The van der Waals surface area contributed by atoms with E-state index in [-0.39, 0.29) is 35.2 Å². The smallest absolute Gasteiger partial charge is 0.244 e. The molecule has 2 atom stereocenters. The molecule has 0 aliphatic carbocycles. The van der Waals surface area contributed by atoms with Crippen molar-refractivity contribution in [3.8, 4) is 0 Å². The number of rotatable bonds is 4. The Morgan fingerprint density at radius 1 is 1.03 bits per heavy atom. The molecule has 6 nitrogen and oxygen atoms in total. The first kappa shape index (κ1) is 22.9. The highest BCUT2D eigenvalue weighted by molar-refractivity contribution is 8.15. The molecular weight excluding hydrogens is 442 g/mol. The van der Waals surface area contributed by atoms with Gasteiger partial charge < -0.3 is 10.2 Å². The maximum absolute atomic E-state index is 13.1.